The highest BCUT2D eigenvalue weighted by Gasteiger charge is 2.19. The fraction of sp³-hybridized carbons (Fsp3) is 0.500. The van der Waals surface area contributed by atoms with Gasteiger partial charge in [0, 0.05) is 19.0 Å². The predicted molar refractivity (Wildman–Crippen MR) is 53.1 cm³/mol. The van der Waals surface area contributed by atoms with Crippen LogP contribution in [0.2, 0.25) is 0 Å². The van der Waals surface area contributed by atoms with E-state index in [1.807, 2.05) is 0 Å². The first kappa shape index (κ1) is 9.77. The van der Waals surface area contributed by atoms with Crippen LogP contribution in [0, 0.1) is 0 Å². The summed E-state index contributed by atoms with van der Waals surface area (Å²) in [5.74, 6) is 0. The third-order valence-electron chi connectivity index (χ3n) is 1.74. The van der Waals surface area contributed by atoms with Gasteiger partial charge in [-0.3, -0.25) is 0 Å². The first-order chi connectivity index (χ1) is 5.81. The van der Waals surface area contributed by atoms with Gasteiger partial charge in [-0.1, -0.05) is 6.92 Å². The first-order valence-corrected chi connectivity index (χ1v) is 4.82. The topological polar surface area (TPSA) is 18.5 Å². The van der Waals surface area contributed by atoms with E-state index in [4.69, 9.17) is 9.31 Å². The summed E-state index contributed by atoms with van der Waals surface area (Å²) >= 11 is 1.68. The van der Waals surface area contributed by atoms with Gasteiger partial charge in [0.25, 0.3) is 0 Å². The van der Waals surface area contributed by atoms with E-state index in [1.54, 1.807) is 25.6 Å². The van der Waals surface area contributed by atoms with Crippen molar-refractivity contribution in [2.45, 2.75) is 13.3 Å². The van der Waals surface area contributed by atoms with Gasteiger partial charge in [0.05, 0.1) is 0 Å². The molecule has 0 amide bonds. The molecule has 1 aromatic heterocycles. The zero-order valence-corrected chi connectivity index (χ0v) is 8.48. The van der Waals surface area contributed by atoms with Crippen molar-refractivity contribution in [3.63, 3.8) is 0 Å². The van der Waals surface area contributed by atoms with Crippen LogP contribution in [0.4, 0.5) is 0 Å². The van der Waals surface area contributed by atoms with Crippen LogP contribution in [0.25, 0.3) is 0 Å². The van der Waals surface area contributed by atoms with Gasteiger partial charge < -0.3 is 9.31 Å². The molecule has 0 saturated carbocycles. The summed E-state index contributed by atoms with van der Waals surface area (Å²) in [5, 5.41) is 2.14. The van der Waals surface area contributed by atoms with Crippen LogP contribution >= 0.6 is 11.3 Å². The Kier molecular flexibility index (Phi) is 3.78. The lowest BCUT2D eigenvalue weighted by Gasteiger charge is -2.04. The fourth-order valence-corrected chi connectivity index (χ4v) is 2.08. The highest BCUT2D eigenvalue weighted by Crippen LogP contribution is 2.06. The number of aryl methyl sites for hydroxylation is 1. The average molecular weight is 184 g/mol. The number of hydrogen-bond acceptors (Lipinski definition) is 3. The second kappa shape index (κ2) is 4.65. The van der Waals surface area contributed by atoms with Crippen molar-refractivity contribution in [2.75, 3.05) is 14.2 Å². The average Bonchev–Trinajstić information content (AvgIpc) is 2.55. The van der Waals surface area contributed by atoms with Crippen LogP contribution in [0.1, 0.15) is 12.5 Å². The molecular weight excluding hydrogens is 171 g/mol. The third kappa shape index (κ3) is 2.09. The van der Waals surface area contributed by atoms with E-state index in [0.29, 0.717) is 0 Å². The molecule has 4 heteroatoms. The molecule has 0 aliphatic carbocycles. The van der Waals surface area contributed by atoms with E-state index in [2.05, 4.69) is 18.4 Å². The standard InChI is InChI=1S/C8H13BO2S/c1-4-7-5-8(12-6-7)9(10-2)11-3/h5-6H,4H2,1-3H3. The van der Waals surface area contributed by atoms with Crippen LogP contribution in [-0.2, 0) is 15.7 Å². The molecule has 0 atom stereocenters. The summed E-state index contributed by atoms with van der Waals surface area (Å²) in [5.41, 5.74) is 1.34. The van der Waals surface area contributed by atoms with Crippen molar-refractivity contribution >= 4 is 23.2 Å². The summed E-state index contributed by atoms with van der Waals surface area (Å²) in [7, 11) is 3.11. The van der Waals surface area contributed by atoms with Crippen molar-refractivity contribution < 1.29 is 9.31 Å². The molecule has 0 radical (unpaired) electrons. The second-order valence-electron chi connectivity index (χ2n) is 2.51. The Balaban J connectivity index is 2.72. The summed E-state index contributed by atoms with van der Waals surface area (Å²) in [4.78, 5) is 0. The third-order valence-corrected chi connectivity index (χ3v) is 2.75. The minimum absolute atomic E-state index is 0.199. The highest BCUT2D eigenvalue weighted by atomic mass is 32.1. The Labute approximate surface area is 77.7 Å². The van der Waals surface area contributed by atoms with E-state index in [0.717, 1.165) is 11.2 Å². The minimum atomic E-state index is -0.199. The van der Waals surface area contributed by atoms with Crippen LogP contribution < -0.4 is 4.78 Å². The van der Waals surface area contributed by atoms with Gasteiger partial charge in [0.15, 0.2) is 0 Å². The maximum Gasteiger partial charge on any atom is 0.504 e. The summed E-state index contributed by atoms with van der Waals surface area (Å²) < 4.78 is 11.4. The van der Waals surface area contributed by atoms with Crippen molar-refractivity contribution in [3.05, 3.63) is 17.0 Å². The van der Waals surface area contributed by atoms with Crippen LogP contribution in [-0.4, -0.2) is 21.3 Å². The van der Waals surface area contributed by atoms with E-state index < -0.39 is 0 Å². The fourth-order valence-electron chi connectivity index (χ4n) is 1.03. The van der Waals surface area contributed by atoms with Crippen LogP contribution in [0.15, 0.2) is 11.4 Å². The highest BCUT2D eigenvalue weighted by molar-refractivity contribution is 7.20. The normalized spacial score (nSPS) is 10.2. The number of rotatable bonds is 4. The SMILES string of the molecule is CCc1csc(B(OC)OC)c1. The molecule has 0 aromatic carbocycles. The van der Waals surface area contributed by atoms with Crippen molar-refractivity contribution in [1.82, 2.24) is 0 Å². The molecule has 0 bridgehead atoms. The molecule has 0 saturated heterocycles. The van der Waals surface area contributed by atoms with Gasteiger partial charge >= 0.3 is 7.12 Å². The van der Waals surface area contributed by atoms with Gasteiger partial charge in [0.1, 0.15) is 0 Å². The summed E-state index contributed by atoms with van der Waals surface area (Å²) in [6.07, 6.45) is 1.07. The van der Waals surface area contributed by atoms with Crippen molar-refractivity contribution in [1.29, 1.82) is 0 Å². The Morgan fingerprint density at radius 3 is 2.50 bits per heavy atom. The van der Waals surface area contributed by atoms with Crippen molar-refractivity contribution in [2.24, 2.45) is 0 Å². The molecule has 66 valence electrons. The van der Waals surface area contributed by atoms with E-state index in [1.165, 1.54) is 5.56 Å². The molecule has 1 rings (SSSR count). The van der Waals surface area contributed by atoms with Crippen LogP contribution in [0.3, 0.4) is 0 Å². The lowest BCUT2D eigenvalue weighted by Crippen LogP contribution is -2.32. The number of hydrogen-bond donors (Lipinski definition) is 0. The Morgan fingerprint density at radius 2 is 2.08 bits per heavy atom. The summed E-state index contributed by atoms with van der Waals surface area (Å²) in [6, 6.07) is 2.13. The quantitative estimate of drug-likeness (QED) is 0.656. The van der Waals surface area contributed by atoms with Gasteiger partial charge in [-0.2, -0.15) is 11.3 Å². The minimum Gasteiger partial charge on any atom is -0.410 e. The first-order valence-electron chi connectivity index (χ1n) is 3.94. The molecule has 2 nitrogen and oxygen atoms in total. The zero-order valence-electron chi connectivity index (χ0n) is 7.66. The van der Waals surface area contributed by atoms with Gasteiger partial charge in [-0.15, -0.1) is 0 Å². The lowest BCUT2D eigenvalue weighted by molar-refractivity contribution is 0.292. The molecule has 1 aromatic rings. The van der Waals surface area contributed by atoms with E-state index >= 15 is 0 Å². The van der Waals surface area contributed by atoms with E-state index in [-0.39, 0.29) is 7.12 Å². The second-order valence-corrected chi connectivity index (χ2v) is 3.46. The van der Waals surface area contributed by atoms with E-state index in [9.17, 15) is 0 Å². The smallest absolute Gasteiger partial charge is 0.410 e. The monoisotopic (exact) mass is 184 g/mol. The van der Waals surface area contributed by atoms with Crippen molar-refractivity contribution in [3.8, 4) is 0 Å². The number of thiophene rings is 1. The van der Waals surface area contributed by atoms with Crippen LogP contribution in [0.5, 0.6) is 0 Å². The molecule has 12 heavy (non-hydrogen) atoms. The molecule has 1 heterocycles. The largest absolute Gasteiger partial charge is 0.504 e. The van der Waals surface area contributed by atoms with Gasteiger partial charge in [-0.05, 0) is 23.4 Å². The Bertz CT molecular complexity index is 233. The molecule has 0 aliphatic rings. The maximum absolute atomic E-state index is 5.13. The predicted octanol–water partition coefficient (Wildman–Crippen LogP) is 1.30. The molecule has 0 fully saturated rings. The molecule has 0 spiro atoms. The molecule has 0 N–H and O–H groups in total. The summed E-state index contributed by atoms with van der Waals surface area (Å²) in [6.45, 7) is 2.14. The lowest BCUT2D eigenvalue weighted by atomic mass is 9.87. The Hall–Kier alpha value is -0.315. The molecule has 0 aliphatic heterocycles. The molecular formula is C8H13BO2S. The van der Waals surface area contributed by atoms with Gasteiger partial charge in [0.2, 0.25) is 0 Å². The zero-order chi connectivity index (χ0) is 8.97. The maximum atomic E-state index is 5.13. The molecule has 0 unspecified atom stereocenters. The Morgan fingerprint density at radius 1 is 1.42 bits per heavy atom. The van der Waals surface area contributed by atoms with Gasteiger partial charge in [-0.25, -0.2) is 0 Å².